The van der Waals surface area contributed by atoms with Gasteiger partial charge >= 0.3 is 0 Å². The summed E-state index contributed by atoms with van der Waals surface area (Å²) in [7, 11) is 0. The maximum atomic E-state index is 5.76. The molecule has 3 nitrogen and oxygen atoms in total. The van der Waals surface area contributed by atoms with Crippen molar-refractivity contribution in [2.45, 2.75) is 45.1 Å². The quantitative estimate of drug-likeness (QED) is 0.808. The van der Waals surface area contributed by atoms with E-state index in [9.17, 15) is 0 Å². The Morgan fingerprint density at radius 2 is 2.00 bits per heavy atom. The van der Waals surface area contributed by atoms with Gasteiger partial charge in [-0.25, -0.2) is 4.98 Å². The van der Waals surface area contributed by atoms with Crippen LogP contribution in [0.2, 0.25) is 0 Å². The highest BCUT2D eigenvalue weighted by atomic mass is 32.2. The average molecular weight is 228 g/mol. The minimum absolute atomic E-state index is 0.162. The van der Waals surface area contributed by atoms with Gasteiger partial charge < -0.3 is 10.2 Å². The van der Waals surface area contributed by atoms with Crippen molar-refractivity contribution in [3.63, 3.8) is 0 Å². The minimum Gasteiger partial charge on any atom is -0.437 e. The Balaban J connectivity index is 2.75. The monoisotopic (exact) mass is 228 g/mol. The third-order valence-electron chi connectivity index (χ3n) is 2.43. The van der Waals surface area contributed by atoms with Crippen LogP contribution in [0.25, 0.3) is 0 Å². The predicted molar refractivity (Wildman–Crippen MR) is 64.1 cm³/mol. The van der Waals surface area contributed by atoms with E-state index in [1.54, 1.807) is 11.8 Å². The van der Waals surface area contributed by atoms with E-state index in [0.717, 1.165) is 16.7 Å². The molecular weight excluding hydrogens is 208 g/mol. The molecule has 1 aromatic heterocycles. The molecule has 1 aromatic rings. The Bertz CT molecular complexity index is 308. The lowest BCUT2D eigenvalue weighted by atomic mass is 9.92. The highest BCUT2D eigenvalue weighted by Crippen LogP contribution is 2.34. The molecule has 0 amide bonds. The molecule has 0 fully saturated rings. The van der Waals surface area contributed by atoms with Gasteiger partial charge in [0.1, 0.15) is 5.76 Å². The molecule has 0 radical (unpaired) electrons. The van der Waals surface area contributed by atoms with Crippen molar-refractivity contribution < 1.29 is 4.42 Å². The smallest absolute Gasteiger partial charge is 0.256 e. The van der Waals surface area contributed by atoms with Crippen LogP contribution in [0.4, 0.5) is 0 Å². The zero-order valence-electron chi connectivity index (χ0n) is 10.1. The topological polar surface area (TPSA) is 52.0 Å². The molecule has 0 aliphatic rings. The SMILES string of the molecule is Cc1nc(SC(CN)C(C)(C)C)oc1C. The van der Waals surface area contributed by atoms with E-state index in [1.165, 1.54) is 0 Å². The van der Waals surface area contributed by atoms with Crippen molar-refractivity contribution in [3.8, 4) is 0 Å². The molecule has 1 unspecified atom stereocenters. The summed E-state index contributed by atoms with van der Waals surface area (Å²) in [5.41, 5.74) is 6.88. The largest absolute Gasteiger partial charge is 0.437 e. The molecule has 0 bridgehead atoms. The van der Waals surface area contributed by atoms with Crippen LogP contribution in [0.5, 0.6) is 0 Å². The molecule has 0 aromatic carbocycles. The second-order valence-electron chi connectivity index (χ2n) is 4.83. The number of rotatable bonds is 3. The molecule has 1 atom stereocenters. The third kappa shape index (κ3) is 3.24. The van der Waals surface area contributed by atoms with Gasteiger partial charge in [-0.2, -0.15) is 0 Å². The van der Waals surface area contributed by atoms with E-state index in [4.69, 9.17) is 10.2 Å². The minimum atomic E-state index is 0.162. The molecule has 0 aliphatic carbocycles. The van der Waals surface area contributed by atoms with Crippen molar-refractivity contribution >= 4 is 11.8 Å². The maximum Gasteiger partial charge on any atom is 0.256 e. The molecule has 15 heavy (non-hydrogen) atoms. The Hall–Kier alpha value is -0.480. The van der Waals surface area contributed by atoms with E-state index in [1.807, 2.05) is 13.8 Å². The lowest BCUT2D eigenvalue weighted by Gasteiger charge is -2.27. The summed E-state index contributed by atoms with van der Waals surface area (Å²) < 4.78 is 5.54. The van der Waals surface area contributed by atoms with Crippen molar-refractivity contribution in [2.24, 2.45) is 11.1 Å². The third-order valence-corrected chi connectivity index (χ3v) is 3.99. The molecular formula is C11H20N2OS. The lowest BCUT2D eigenvalue weighted by Crippen LogP contribution is -2.30. The van der Waals surface area contributed by atoms with Crippen molar-refractivity contribution in [1.29, 1.82) is 0 Å². The summed E-state index contributed by atoms with van der Waals surface area (Å²) in [5.74, 6) is 0.891. The Morgan fingerprint density at radius 3 is 2.33 bits per heavy atom. The molecule has 4 heteroatoms. The average Bonchev–Trinajstić information content (AvgIpc) is 2.40. The number of aryl methyl sites for hydroxylation is 2. The normalized spacial score (nSPS) is 14.3. The molecule has 0 aliphatic heterocycles. The molecule has 0 saturated carbocycles. The van der Waals surface area contributed by atoms with E-state index in [2.05, 4.69) is 25.8 Å². The number of thioether (sulfide) groups is 1. The fourth-order valence-electron chi connectivity index (χ4n) is 1.19. The fourth-order valence-corrected chi connectivity index (χ4v) is 2.25. The van der Waals surface area contributed by atoms with Gasteiger partial charge in [-0.3, -0.25) is 0 Å². The first-order valence-electron chi connectivity index (χ1n) is 5.15. The van der Waals surface area contributed by atoms with Crippen LogP contribution in [0, 0.1) is 19.3 Å². The van der Waals surface area contributed by atoms with E-state index in [-0.39, 0.29) is 5.41 Å². The van der Waals surface area contributed by atoms with E-state index in [0.29, 0.717) is 11.8 Å². The molecule has 1 heterocycles. The van der Waals surface area contributed by atoms with Gasteiger partial charge in [-0.15, -0.1) is 0 Å². The Kier molecular flexibility index (Phi) is 3.84. The molecule has 0 saturated heterocycles. The van der Waals surface area contributed by atoms with Gasteiger partial charge in [0, 0.05) is 11.8 Å². The molecule has 86 valence electrons. The van der Waals surface area contributed by atoms with Crippen molar-refractivity contribution in [1.82, 2.24) is 4.98 Å². The maximum absolute atomic E-state index is 5.76. The highest BCUT2D eigenvalue weighted by molar-refractivity contribution is 7.99. The zero-order chi connectivity index (χ0) is 11.6. The lowest BCUT2D eigenvalue weighted by molar-refractivity contribution is 0.387. The number of nitrogens with zero attached hydrogens (tertiary/aromatic N) is 1. The number of hydrogen-bond donors (Lipinski definition) is 1. The summed E-state index contributed by atoms with van der Waals surface area (Å²) in [6, 6.07) is 0. The predicted octanol–water partition coefficient (Wildman–Crippen LogP) is 2.76. The van der Waals surface area contributed by atoms with E-state index >= 15 is 0 Å². The second kappa shape index (κ2) is 4.58. The van der Waals surface area contributed by atoms with Gasteiger partial charge in [0.2, 0.25) is 0 Å². The molecule has 0 spiro atoms. The fraction of sp³-hybridized carbons (Fsp3) is 0.727. The number of nitrogens with two attached hydrogens (primary N) is 1. The van der Waals surface area contributed by atoms with Gasteiger partial charge in [0.25, 0.3) is 5.22 Å². The molecule has 1 rings (SSSR count). The first-order chi connectivity index (χ1) is 6.84. The number of oxazole rings is 1. The first-order valence-corrected chi connectivity index (χ1v) is 6.03. The van der Waals surface area contributed by atoms with Crippen LogP contribution in [0.15, 0.2) is 9.64 Å². The Morgan fingerprint density at radius 1 is 1.40 bits per heavy atom. The van der Waals surface area contributed by atoms with E-state index < -0.39 is 0 Å². The van der Waals surface area contributed by atoms with Gasteiger partial charge in [-0.1, -0.05) is 32.5 Å². The van der Waals surface area contributed by atoms with Gasteiger partial charge in [0.05, 0.1) is 5.69 Å². The molecule has 2 N–H and O–H groups in total. The van der Waals surface area contributed by atoms with Crippen molar-refractivity contribution in [2.75, 3.05) is 6.54 Å². The van der Waals surface area contributed by atoms with Crippen LogP contribution in [-0.4, -0.2) is 16.8 Å². The van der Waals surface area contributed by atoms with Crippen LogP contribution in [0.1, 0.15) is 32.2 Å². The summed E-state index contributed by atoms with van der Waals surface area (Å²) in [4.78, 5) is 4.35. The Labute approximate surface area is 95.8 Å². The van der Waals surface area contributed by atoms with Gasteiger partial charge in [0.15, 0.2) is 0 Å². The van der Waals surface area contributed by atoms with Crippen LogP contribution in [0.3, 0.4) is 0 Å². The standard InChI is InChI=1S/C11H20N2OS/c1-7-8(2)14-10(13-7)15-9(6-12)11(3,4)5/h9H,6,12H2,1-5H3. The first kappa shape index (κ1) is 12.6. The highest BCUT2D eigenvalue weighted by Gasteiger charge is 2.26. The van der Waals surface area contributed by atoms with Crippen LogP contribution in [-0.2, 0) is 0 Å². The second-order valence-corrected chi connectivity index (χ2v) is 5.98. The summed E-state index contributed by atoms with van der Waals surface area (Å²) in [6.45, 7) is 11.1. The summed E-state index contributed by atoms with van der Waals surface area (Å²) >= 11 is 1.63. The zero-order valence-corrected chi connectivity index (χ0v) is 10.9. The van der Waals surface area contributed by atoms with Crippen LogP contribution < -0.4 is 5.73 Å². The summed E-state index contributed by atoms with van der Waals surface area (Å²) in [5, 5.41) is 1.06. The number of aromatic nitrogens is 1. The van der Waals surface area contributed by atoms with Crippen LogP contribution >= 0.6 is 11.8 Å². The van der Waals surface area contributed by atoms with Crippen molar-refractivity contribution in [3.05, 3.63) is 11.5 Å². The van der Waals surface area contributed by atoms with Gasteiger partial charge in [-0.05, 0) is 19.3 Å². The summed E-state index contributed by atoms with van der Waals surface area (Å²) in [6.07, 6.45) is 0. The number of hydrogen-bond acceptors (Lipinski definition) is 4.